The molecule has 1 aliphatic carbocycles. The van der Waals surface area contributed by atoms with Crippen LogP contribution in [0.15, 0.2) is 0 Å². The quantitative estimate of drug-likeness (QED) is 0.389. The van der Waals surface area contributed by atoms with Crippen molar-refractivity contribution in [1.29, 1.82) is 0 Å². The van der Waals surface area contributed by atoms with Crippen LogP contribution in [0.3, 0.4) is 0 Å². The van der Waals surface area contributed by atoms with Gasteiger partial charge in [0.15, 0.2) is 0 Å². The van der Waals surface area contributed by atoms with Gasteiger partial charge in [-0.25, -0.2) is 5.48 Å². The topological polar surface area (TPSA) is 58.3 Å². The van der Waals surface area contributed by atoms with E-state index in [1.807, 2.05) is 0 Å². The standard InChI is InChI=1S/C4H10N2O/c5-3-1-4(2-3)6-7/h3-4,6-7H,1-2,5H2/t3-,4+. The Morgan fingerprint density at radius 1 is 1.57 bits per heavy atom. The van der Waals surface area contributed by atoms with Crippen molar-refractivity contribution in [3.8, 4) is 0 Å². The fraction of sp³-hybridized carbons (Fsp3) is 1.00. The van der Waals surface area contributed by atoms with Gasteiger partial charge < -0.3 is 10.9 Å². The Bertz CT molecular complexity index is 60.7. The van der Waals surface area contributed by atoms with E-state index < -0.39 is 0 Å². The molecule has 1 aliphatic rings. The predicted molar refractivity (Wildman–Crippen MR) is 25.9 cm³/mol. The average Bonchev–Trinajstić information content (AvgIpc) is 1.58. The molecule has 42 valence electrons. The van der Waals surface area contributed by atoms with Crippen LogP contribution in [-0.2, 0) is 0 Å². The van der Waals surface area contributed by atoms with Gasteiger partial charge in [0, 0.05) is 12.1 Å². The largest absolute Gasteiger partial charge is 0.328 e. The Morgan fingerprint density at radius 3 is 2.29 bits per heavy atom. The third-order valence-electron chi connectivity index (χ3n) is 1.36. The van der Waals surface area contributed by atoms with Crippen molar-refractivity contribution in [1.82, 2.24) is 5.48 Å². The molecule has 0 amide bonds. The summed E-state index contributed by atoms with van der Waals surface area (Å²) in [6.07, 6.45) is 1.83. The van der Waals surface area contributed by atoms with Crippen LogP contribution in [0.2, 0.25) is 0 Å². The van der Waals surface area contributed by atoms with Crippen LogP contribution in [-0.4, -0.2) is 17.3 Å². The van der Waals surface area contributed by atoms with Crippen LogP contribution in [0.1, 0.15) is 12.8 Å². The van der Waals surface area contributed by atoms with Gasteiger partial charge in [-0.2, -0.15) is 0 Å². The minimum atomic E-state index is 0.273. The van der Waals surface area contributed by atoms with E-state index in [2.05, 4.69) is 5.48 Å². The minimum Gasteiger partial charge on any atom is -0.328 e. The van der Waals surface area contributed by atoms with E-state index in [4.69, 9.17) is 10.9 Å². The van der Waals surface area contributed by atoms with Crippen LogP contribution in [0.5, 0.6) is 0 Å². The molecule has 7 heavy (non-hydrogen) atoms. The molecule has 0 bridgehead atoms. The van der Waals surface area contributed by atoms with Crippen LogP contribution in [0.25, 0.3) is 0 Å². The highest BCUT2D eigenvalue weighted by Crippen LogP contribution is 2.15. The molecule has 0 aromatic heterocycles. The highest BCUT2D eigenvalue weighted by molar-refractivity contribution is 4.84. The van der Waals surface area contributed by atoms with Crippen molar-refractivity contribution < 1.29 is 5.21 Å². The van der Waals surface area contributed by atoms with Crippen molar-refractivity contribution >= 4 is 0 Å². The first-order valence-corrected chi connectivity index (χ1v) is 2.48. The second-order valence-corrected chi connectivity index (χ2v) is 2.06. The first-order valence-electron chi connectivity index (χ1n) is 2.48. The Balaban J connectivity index is 2.06. The molecule has 0 aromatic carbocycles. The lowest BCUT2D eigenvalue weighted by molar-refractivity contribution is 0.0795. The average molecular weight is 102 g/mol. The summed E-state index contributed by atoms with van der Waals surface area (Å²) in [7, 11) is 0. The minimum absolute atomic E-state index is 0.273. The zero-order valence-electron chi connectivity index (χ0n) is 4.09. The summed E-state index contributed by atoms with van der Waals surface area (Å²) >= 11 is 0. The molecule has 0 aromatic rings. The smallest absolute Gasteiger partial charge is 0.0349 e. The van der Waals surface area contributed by atoms with Crippen molar-refractivity contribution in [2.45, 2.75) is 24.9 Å². The molecule has 3 heteroatoms. The van der Waals surface area contributed by atoms with Gasteiger partial charge in [-0.15, -0.1) is 0 Å². The van der Waals surface area contributed by atoms with Gasteiger partial charge in [0.05, 0.1) is 0 Å². The van der Waals surface area contributed by atoms with E-state index in [1.165, 1.54) is 0 Å². The number of nitrogens with two attached hydrogens (primary N) is 1. The van der Waals surface area contributed by atoms with E-state index in [-0.39, 0.29) is 6.04 Å². The summed E-state index contributed by atoms with van der Waals surface area (Å²) in [5.41, 5.74) is 7.55. The lowest BCUT2D eigenvalue weighted by atomic mass is 9.88. The molecule has 0 heterocycles. The molecule has 4 N–H and O–H groups in total. The number of nitrogens with one attached hydrogen (secondary N) is 1. The molecule has 0 unspecified atom stereocenters. The van der Waals surface area contributed by atoms with E-state index in [0.29, 0.717) is 6.04 Å². The number of hydrogen-bond donors (Lipinski definition) is 3. The van der Waals surface area contributed by atoms with Crippen LogP contribution in [0, 0.1) is 0 Å². The zero-order chi connectivity index (χ0) is 5.28. The molecule has 0 aliphatic heterocycles. The number of hydroxylamine groups is 1. The molecular formula is C4H10N2O. The number of hydrogen-bond acceptors (Lipinski definition) is 3. The molecule has 0 saturated heterocycles. The molecule has 0 atom stereocenters. The summed E-state index contributed by atoms with van der Waals surface area (Å²) in [4.78, 5) is 0. The van der Waals surface area contributed by atoms with Crippen LogP contribution >= 0.6 is 0 Å². The van der Waals surface area contributed by atoms with E-state index in [0.717, 1.165) is 12.8 Å². The normalized spacial score (nSPS) is 40.3. The second-order valence-electron chi connectivity index (χ2n) is 2.06. The van der Waals surface area contributed by atoms with E-state index in [1.54, 1.807) is 0 Å². The first-order chi connectivity index (χ1) is 3.33. The Morgan fingerprint density at radius 2 is 2.14 bits per heavy atom. The van der Waals surface area contributed by atoms with Gasteiger partial charge in [-0.05, 0) is 12.8 Å². The maximum absolute atomic E-state index is 8.20. The van der Waals surface area contributed by atoms with E-state index in [9.17, 15) is 0 Å². The van der Waals surface area contributed by atoms with Gasteiger partial charge in [0.1, 0.15) is 0 Å². The maximum atomic E-state index is 8.20. The van der Waals surface area contributed by atoms with Gasteiger partial charge in [-0.1, -0.05) is 0 Å². The van der Waals surface area contributed by atoms with Gasteiger partial charge in [-0.3, -0.25) is 0 Å². The second kappa shape index (κ2) is 1.78. The highest BCUT2D eigenvalue weighted by Gasteiger charge is 2.24. The van der Waals surface area contributed by atoms with Gasteiger partial charge in [0.2, 0.25) is 0 Å². The third-order valence-corrected chi connectivity index (χ3v) is 1.36. The molecular weight excluding hydrogens is 92.1 g/mol. The molecule has 0 spiro atoms. The number of rotatable bonds is 1. The lowest BCUT2D eigenvalue weighted by Crippen LogP contribution is -2.47. The van der Waals surface area contributed by atoms with Gasteiger partial charge in [0.25, 0.3) is 0 Å². The molecule has 1 fully saturated rings. The van der Waals surface area contributed by atoms with Crippen molar-refractivity contribution in [3.05, 3.63) is 0 Å². The SMILES string of the molecule is N[C@H]1C[C@@H](NO)C1. The monoisotopic (exact) mass is 102 g/mol. The fourth-order valence-electron chi connectivity index (χ4n) is 0.767. The van der Waals surface area contributed by atoms with Gasteiger partial charge >= 0.3 is 0 Å². The van der Waals surface area contributed by atoms with Crippen LogP contribution < -0.4 is 11.2 Å². The lowest BCUT2D eigenvalue weighted by Gasteiger charge is -2.30. The first kappa shape index (κ1) is 5.03. The Kier molecular flexibility index (Phi) is 1.27. The predicted octanol–water partition coefficient (Wildman–Crippen LogP) is -0.545. The van der Waals surface area contributed by atoms with Crippen molar-refractivity contribution in [3.63, 3.8) is 0 Å². The molecule has 3 nitrogen and oxygen atoms in total. The summed E-state index contributed by atoms with van der Waals surface area (Å²) in [6, 6.07) is 0.597. The highest BCUT2D eigenvalue weighted by atomic mass is 16.5. The summed E-state index contributed by atoms with van der Waals surface area (Å²) in [6.45, 7) is 0. The maximum Gasteiger partial charge on any atom is 0.0349 e. The zero-order valence-corrected chi connectivity index (χ0v) is 4.09. The fourth-order valence-corrected chi connectivity index (χ4v) is 0.767. The van der Waals surface area contributed by atoms with Crippen molar-refractivity contribution in [2.24, 2.45) is 5.73 Å². The Labute approximate surface area is 42.5 Å². The molecule has 1 rings (SSSR count). The molecule has 0 radical (unpaired) electrons. The van der Waals surface area contributed by atoms with Crippen LogP contribution in [0.4, 0.5) is 0 Å². The summed E-state index contributed by atoms with van der Waals surface area (Å²) in [5.74, 6) is 0. The summed E-state index contributed by atoms with van der Waals surface area (Å²) in [5, 5.41) is 8.20. The summed E-state index contributed by atoms with van der Waals surface area (Å²) < 4.78 is 0. The molecule has 1 saturated carbocycles. The third kappa shape index (κ3) is 0.907. The Hall–Kier alpha value is -0.120. The van der Waals surface area contributed by atoms with E-state index >= 15 is 0 Å². The van der Waals surface area contributed by atoms with Crippen molar-refractivity contribution in [2.75, 3.05) is 0 Å².